The van der Waals surface area contributed by atoms with Gasteiger partial charge in [0.05, 0.1) is 11.6 Å². The molecule has 1 N–H and O–H groups in total. The van der Waals surface area contributed by atoms with Crippen LogP contribution in [-0.4, -0.2) is 34.0 Å². The Bertz CT molecular complexity index is 1110. The summed E-state index contributed by atoms with van der Waals surface area (Å²) >= 11 is 0. The number of carbonyl (C=O) groups excluding carboxylic acids is 1. The maximum Gasteiger partial charge on any atom is 0.254 e. The van der Waals surface area contributed by atoms with E-state index >= 15 is 0 Å². The molecule has 1 amide bonds. The van der Waals surface area contributed by atoms with Gasteiger partial charge in [0.2, 0.25) is 0 Å². The average molecular weight is 412 g/mol. The molecule has 2 aromatic carbocycles. The highest BCUT2D eigenvalue weighted by atomic mass is 16.3. The number of aryl methyl sites for hydroxylation is 1. The number of nitrogens with zero attached hydrogens (tertiary/aromatic N) is 3. The lowest BCUT2D eigenvalue weighted by molar-refractivity contribution is 0.0691. The minimum Gasteiger partial charge on any atom is -0.508 e. The number of aromatic nitrogens is 1. The van der Waals surface area contributed by atoms with Gasteiger partial charge in [-0.25, -0.2) is 0 Å². The van der Waals surface area contributed by atoms with Crippen molar-refractivity contribution in [1.82, 2.24) is 9.88 Å². The standard InChI is InChI=1S/C26H25N3O2/c1-18-14-24(23(16-25(18)30)22-6-10-28-11-7-22)26(31)29-12-8-20(9-13-29)15-19-2-4-21(17-27)5-3-19/h2-7,10-11,14,16,20,30H,8-9,12-13,15H2,1H3. The zero-order valence-corrected chi connectivity index (χ0v) is 17.6. The number of hydrogen-bond donors (Lipinski definition) is 1. The molecule has 2 heterocycles. The number of hydrogen-bond acceptors (Lipinski definition) is 4. The molecule has 4 rings (SSSR count). The lowest BCUT2D eigenvalue weighted by atomic mass is 9.89. The molecule has 0 spiro atoms. The van der Waals surface area contributed by atoms with E-state index in [2.05, 4.69) is 11.1 Å². The summed E-state index contributed by atoms with van der Waals surface area (Å²) in [6.45, 7) is 3.25. The second-order valence-electron chi connectivity index (χ2n) is 8.17. The number of phenolic OH excluding ortho intramolecular Hbond substituents is 1. The van der Waals surface area contributed by atoms with E-state index in [9.17, 15) is 9.90 Å². The molecule has 31 heavy (non-hydrogen) atoms. The molecular weight excluding hydrogens is 386 g/mol. The van der Waals surface area contributed by atoms with Crippen LogP contribution in [0, 0.1) is 24.2 Å². The third-order valence-corrected chi connectivity index (χ3v) is 6.07. The van der Waals surface area contributed by atoms with E-state index in [4.69, 9.17) is 5.26 Å². The number of likely N-dealkylation sites (tertiary alicyclic amines) is 1. The maximum atomic E-state index is 13.4. The first-order valence-electron chi connectivity index (χ1n) is 10.6. The van der Waals surface area contributed by atoms with Crippen molar-refractivity contribution in [1.29, 1.82) is 5.26 Å². The van der Waals surface area contributed by atoms with Crippen LogP contribution in [0.4, 0.5) is 0 Å². The number of rotatable bonds is 4. The highest BCUT2D eigenvalue weighted by molar-refractivity contribution is 6.01. The molecule has 0 bridgehead atoms. The van der Waals surface area contributed by atoms with Gasteiger partial charge in [0, 0.05) is 31.0 Å². The number of carbonyl (C=O) groups is 1. The third kappa shape index (κ3) is 4.59. The summed E-state index contributed by atoms with van der Waals surface area (Å²) in [4.78, 5) is 19.4. The SMILES string of the molecule is Cc1cc(C(=O)N2CCC(Cc3ccc(C#N)cc3)CC2)c(-c2ccncc2)cc1O. The zero-order chi connectivity index (χ0) is 21.8. The molecule has 1 aliphatic heterocycles. The molecule has 1 aromatic heterocycles. The number of aromatic hydroxyl groups is 1. The predicted octanol–water partition coefficient (Wildman–Crippen LogP) is 4.73. The average Bonchev–Trinajstić information content (AvgIpc) is 2.81. The Morgan fingerprint density at radius 2 is 1.81 bits per heavy atom. The van der Waals surface area contributed by atoms with Gasteiger partial charge in [-0.3, -0.25) is 9.78 Å². The summed E-state index contributed by atoms with van der Waals surface area (Å²) in [5.41, 5.74) is 4.82. The van der Waals surface area contributed by atoms with Crippen LogP contribution in [0.5, 0.6) is 5.75 Å². The van der Waals surface area contributed by atoms with Crippen LogP contribution < -0.4 is 0 Å². The fourth-order valence-corrected chi connectivity index (χ4v) is 4.20. The lowest BCUT2D eigenvalue weighted by Crippen LogP contribution is -2.39. The van der Waals surface area contributed by atoms with Gasteiger partial charge in [-0.1, -0.05) is 12.1 Å². The molecule has 5 nitrogen and oxygen atoms in total. The fraction of sp³-hybridized carbons (Fsp3) is 0.269. The number of amides is 1. The van der Waals surface area contributed by atoms with Crippen molar-refractivity contribution in [3.63, 3.8) is 0 Å². The van der Waals surface area contributed by atoms with Crippen LogP contribution >= 0.6 is 0 Å². The summed E-state index contributed by atoms with van der Waals surface area (Å²) in [6.07, 6.45) is 6.25. The van der Waals surface area contributed by atoms with Gasteiger partial charge >= 0.3 is 0 Å². The Morgan fingerprint density at radius 3 is 2.45 bits per heavy atom. The van der Waals surface area contributed by atoms with Crippen molar-refractivity contribution >= 4 is 5.91 Å². The molecule has 0 aliphatic carbocycles. The van der Waals surface area contributed by atoms with Crippen molar-refractivity contribution in [2.45, 2.75) is 26.2 Å². The number of piperidine rings is 1. The Balaban J connectivity index is 1.47. The van der Waals surface area contributed by atoms with Crippen LogP contribution in [-0.2, 0) is 6.42 Å². The smallest absolute Gasteiger partial charge is 0.254 e. The van der Waals surface area contributed by atoms with Crippen molar-refractivity contribution in [3.05, 3.63) is 83.2 Å². The van der Waals surface area contributed by atoms with E-state index in [1.807, 2.05) is 48.2 Å². The van der Waals surface area contributed by atoms with Crippen LogP contribution in [0.2, 0.25) is 0 Å². The first-order chi connectivity index (χ1) is 15.0. The van der Waals surface area contributed by atoms with E-state index < -0.39 is 0 Å². The minimum atomic E-state index is 0.00624. The summed E-state index contributed by atoms with van der Waals surface area (Å²) < 4.78 is 0. The van der Waals surface area contributed by atoms with Crippen LogP contribution in [0.1, 0.15) is 39.9 Å². The van der Waals surface area contributed by atoms with Gasteiger partial charge in [0.1, 0.15) is 5.75 Å². The molecule has 3 aromatic rings. The highest BCUT2D eigenvalue weighted by Crippen LogP contribution is 2.32. The van der Waals surface area contributed by atoms with E-state index in [-0.39, 0.29) is 11.7 Å². The molecule has 1 fully saturated rings. The fourth-order valence-electron chi connectivity index (χ4n) is 4.20. The molecule has 0 unspecified atom stereocenters. The lowest BCUT2D eigenvalue weighted by Gasteiger charge is -2.32. The molecule has 1 saturated heterocycles. The number of nitriles is 1. The van der Waals surface area contributed by atoms with Crippen LogP contribution in [0.15, 0.2) is 60.9 Å². The molecule has 0 radical (unpaired) electrons. The monoisotopic (exact) mass is 411 g/mol. The van der Waals surface area contributed by atoms with Gasteiger partial charge in [0.15, 0.2) is 0 Å². The Morgan fingerprint density at radius 1 is 1.13 bits per heavy atom. The van der Waals surface area contributed by atoms with E-state index in [1.165, 1.54) is 5.56 Å². The van der Waals surface area contributed by atoms with E-state index in [0.29, 0.717) is 22.6 Å². The topological polar surface area (TPSA) is 77.2 Å². The van der Waals surface area contributed by atoms with Gasteiger partial charge in [-0.05, 0) is 90.8 Å². The third-order valence-electron chi connectivity index (χ3n) is 6.07. The molecule has 0 atom stereocenters. The molecule has 0 saturated carbocycles. The predicted molar refractivity (Wildman–Crippen MR) is 120 cm³/mol. The minimum absolute atomic E-state index is 0.00624. The largest absolute Gasteiger partial charge is 0.508 e. The second-order valence-corrected chi connectivity index (χ2v) is 8.17. The number of phenols is 1. The Kier molecular flexibility index (Phi) is 5.99. The quantitative estimate of drug-likeness (QED) is 0.673. The Labute approximate surface area is 182 Å². The van der Waals surface area contributed by atoms with Crippen molar-refractivity contribution < 1.29 is 9.90 Å². The summed E-state index contributed by atoms with van der Waals surface area (Å²) in [6, 6.07) is 17.1. The van der Waals surface area contributed by atoms with Crippen molar-refractivity contribution in [2.75, 3.05) is 13.1 Å². The van der Waals surface area contributed by atoms with Gasteiger partial charge < -0.3 is 10.0 Å². The first-order valence-corrected chi connectivity index (χ1v) is 10.6. The normalized spacial score (nSPS) is 14.3. The van der Waals surface area contributed by atoms with E-state index in [1.54, 1.807) is 24.5 Å². The summed E-state index contributed by atoms with van der Waals surface area (Å²) in [5.74, 6) is 0.717. The van der Waals surface area contributed by atoms with Crippen molar-refractivity contribution in [3.8, 4) is 22.9 Å². The number of pyridine rings is 1. The van der Waals surface area contributed by atoms with Gasteiger partial charge in [-0.15, -0.1) is 0 Å². The van der Waals surface area contributed by atoms with Gasteiger partial charge in [-0.2, -0.15) is 5.26 Å². The van der Waals surface area contributed by atoms with Crippen LogP contribution in [0.3, 0.4) is 0 Å². The first kappa shape index (κ1) is 20.6. The van der Waals surface area contributed by atoms with Crippen molar-refractivity contribution in [2.24, 2.45) is 5.92 Å². The molecule has 5 heteroatoms. The second kappa shape index (κ2) is 9.01. The molecule has 1 aliphatic rings. The van der Waals surface area contributed by atoms with E-state index in [0.717, 1.165) is 43.5 Å². The molecular formula is C26H25N3O2. The Hall–Kier alpha value is -3.65. The highest BCUT2D eigenvalue weighted by Gasteiger charge is 2.26. The van der Waals surface area contributed by atoms with Gasteiger partial charge in [0.25, 0.3) is 5.91 Å². The molecule has 156 valence electrons. The number of benzene rings is 2. The maximum absolute atomic E-state index is 13.4. The summed E-state index contributed by atoms with van der Waals surface area (Å²) in [5, 5.41) is 19.2. The zero-order valence-electron chi connectivity index (χ0n) is 17.6. The van der Waals surface area contributed by atoms with Crippen LogP contribution in [0.25, 0.3) is 11.1 Å². The summed E-state index contributed by atoms with van der Waals surface area (Å²) in [7, 11) is 0.